The van der Waals surface area contributed by atoms with Gasteiger partial charge >= 0.3 is 0 Å². The summed E-state index contributed by atoms with van der Waals surface area (Å²) >= 11 is 1.54. The number of nitrogens with zero attached hydrogens (tertiary/aromatic N) is 2. The molecule has 1 aliphatic rings. The lowest BCUT2D eigenvalue weighted by atomic mass is 10.2. The lowest BCUT2D eigenvalue weighted by molar-refractivity contribution is 0.285. The molecule has 0 bridgehead atoms. The smallest absolute Gasteiger partial charge is 0.142 e. The van der Waals surface area contributed by atoms with Gasteiger partial charge in [-0.3, -0.25) is 0 Å². The second-order valence-corrected chi connectivity index (χ2v) is 5.14. The summed E-state index contributed by atoms with van der Waals surface area (Å²) in [5, 5.41) is 9.05. The van der Waals surface area contributed by atoms with E-state index in [9.17, 15) is 0 Å². The summed E-state index contributed by atoms with van der Waals surface area (Å²) in [4.78, 5) is 11.1. The summed E-state index contributed by atoms with van der Waals surface area (Å²) in [5.74, 6) is 0.640. The lowest BCUT2D eigenvalue weighted by Crippen LogP contribution is -1.94. The molecule has 1 fully saturated rings. The van der Waals surface area contributed by atoms with Gasteiger partial charge in [0.25, 0.3) is 0 Å². The number of aliphatic hydroxyl groups excluding tert-OH is 1. The van der Waals surface area contributed by atoms with Gasteiger partial charge in [-0.2, -0.15) is 0 Å². The predicted molar refractivity (Wildman–Crippen MR) is 60.0 cm³/mol. The van der Waals surface area contributed by atoms with Crippen LogP contribution in [0.1, 0.15) is 35.0 Å². The van der Waals surface area contributed by atoms with Crippen LogP contribution in [0.2, 0.25) is 0 Å². The van der Waals surface area contributed by atoms with Gasteiger partial charge in [-0.1, -0.05) is 0 Å². The molecule has 3 rings (SSSR count). The molecule has 0 radical (unpaired) electrons. The third-order valence-corrected chi connectivity index (χ3v) is 3.75. The number of fused-ring (bicyclic) bond motifs is 1. The first-order valence-corrected chi connectivity index (χ1v) is 5.97. The SMILES string of the molecule is Cc1nc2cc(CO)sc2nc1C1CC1. The van der Waals surface area contributed by atoms with Crippen LogP contribution in [0.15, 0.2) is 6.07 Å². The Morgan fingerprint density at radius 1 is 1.47 bits per heavy atom. The Bertz CT molecular complexity index is 517. The number of aryl methyl sites for hydroxylation is 1. The van der Waals surface area contributed by atoms with Gasteiger partial charge in [0.05, 0.1) is 18.0 Å². The van der Waals surface area contributed by atoms with Crippen molar-refractivity contribution in [1.29, 1.82) is 0 Å². The first-order chi connectivity index (χ1) is 7.28. The number of hydrogen-bond acceptors (Lipinski definition) is 4. The van der Waals surface area contributed by atoms with E-state index in [4.69, 9.17) is 5.11 Å². The van der Waals surface area contributed by atoms with Crippen LogP contribution < -0.4 is 0 Å². The van der Waals surface area contributed by atoms with Crippen LogP contribution in [0, 0.1) is 6.92 Å². The van der Waals surface area contributed by atoms with Crippen molar-refractivity contribution in [2.45, 2.75) is 32.3 Å². The van der Waals surface area contributed by atoms with Crippen LogP contribution in [0.25, 0.3) is 10.3 Å². The number of rotatable bonds is 2. The zero-order valence-corrected chi connectivity index (χ0v) is 9.34. The van der Waals surface area contributed by atoms with E-state index in [0.717, 1.165) is 26.6 Å². The third-order valence-electron chi connectivity index (χ3n) is 2.75. The van der Waals surface area contributed by atoms with Crippen LogP contribution >= 0.6 is 11.3 Å². The van der Waals surface area contributed by atoms with Crippen molar-refractivity contribution in [3.63, 3.8) is 0 Å². The van der Waals surface area contributed by atoms with Gasteiger partial charge in [-0.05, 0) is 25.8 Å². The minimum Gasteiger partial charge on any atom is -0.391 e. The molecule has 78 valence electrons. The van der Waals surface area contributed by atoms with Gasteiger partial charge in [0, 0.05) is 10.8 Å². The molecule has 0 saturated heterocycles. The van der Waals surface area contributed by atoms with E-state index in [0.29, 0.717) is 5.92 Å². The highest BCUT2D eigenvalue weighted by Crippen LogP contribution is 2.41. The maximum absolute atomic E-state index is 9.05. The van der Waals surface area contributed by atoms with E-state index in [-0.39, 0.29) is 6.61 Å². The molecule has 0 amide bonds. The first-order valence-electron chi connectivity index (χ1n) is 5.15. The fourth-order valence-electron chi connectivity index (χ4n) is 1.83. The Balaban J connectivity index is 2.18. The van der Waals surface area contributed by atoms with E-state index in [1.165, 1.54) is 12.8 Å². The predicted octanol–water partition coefficient (Wildman–Crippen LogP) is 2.37. The summed E-state index contributed by atoms with van der Waals surface area (Å²) in [5.41, 5.74) is 3.13. The molecule has 0 unspecified atom stereocenters. The fraction of sp³-hybridized carbons (Fsp3) is 0.455. The van der Waals surface area contributed by atoms with Gasteiger partial charge in [0.15, 0.2) is 0 Å². The number of aliphatic hydroxyl groups is 1. The molecule has 1 N–H and O–H groups in total. The molecule has 1 aliphatic carbocycles. The van der Waals surface area contributed by atoms with E-state index < -0.39 is 0 Å². The van der Waals surface area contributed by atoms with Crippen LogP contribution in [0.4, 0.5) is 0 Å². The molecule has 4 heteroatoms. The molecule has 0 aliphatic heterocycles. The molecule has 2 aromatic rings. The third kappa shape index (κ3) is 1.54. The molecule has 0 atom stereocenters. The molecular formula is C11H12N2OS. The molecule has 0 aromatic carbocycles. The highest BCUT2D eigenvalue weighted by Gasteiger charge is 2.27. The van der Waals surface area contributed by atoms with Crippen molar-refractivity contribution < 1.29 is 5.11 Å². The molecule has 15 heavy (non-hydrogen) atoms. The van der Waals surface area contributed by atoms with Crippen molar-refractivity contribution in [3.8, 4) is 0 Å². The Labute approximate surface area is 91.8 Å². The minimum absolute atomic E-state index is 0.0838. The average Bonchev–Trinajstić information content (AvgIpc) is 2.98. The van der Waals surface area contributed by atoms with Crippen LogP contribution in [0.3, 0.4) is 0 Å². The van der Waals surface area contributed by atoms with Crippen LogP contribution in [0.5, 0.6) is 0 Å². The molecule has 2 aromatic heterocycles. The quantitative estimate of drug-likeness (QED) is 0.845. The van der Waals surface area contributed by atoms with Gasteiger partial charge < -0.3 is 5.11 Å². The van der Waals surface area contributed by atoms with Crippen LogP contribution in [-0.4, -0.2) is 15.1 Å². The summed E-state index contributed by atoms with van der Waals surface area (Å²) in [6.45, 7) is 2.11. The topological polar surface area (TPSA) is 46.0 Å². The van der Waals surface area contributed by atoms with Gasteiger partial charge in [-0.25, -0.2) is 9.97 Å². The molecule has 0 spiro atoms. The highest BCUT2D eigenvalue weighted by atomic mass is 32.1. The van der Waals surface area contributed by atoms with Crippen molar-refractivity contribution in [2.75, 3.05) is 0 Å². The van der Waals surface area contributed by atoms with E-state index in [1.807, 2.05) is 13.0 Å². The Kier molecular flexibility index (Phi) is 2.00. The Morgan fingerprint density at radius 3 is 2.93 bits per heavy atom. The van der Waals surface area contributed by atoms with Gasteiger partial charge in [-0.15, -0.1) is 11.3 Å². The largest absolute Gasteiger partial charge is 0.391 e. The highest BCUT2D eigenvalue weighted by molar-refractivity contribution is 7.18. The van der Waals surface area contributed by atoms with E-state index in [2.05, 4.69) is 9.97 Å². The number of hydrogen-bond donors (Lipinski definition) is 1. The monoisotopic (exact) mass is 220 g/mol. The number of thiophene rings is 1. The zero-order chi connectivity index (χ0) is 10.4. The Morgan fingerprint density at radius 2 is 2.27 bits per heavy atom. The zero-order valence-electron chi connectivity index (χ0n) is 8.53. The average molecular weight is 220 g/mol. The second kappa shape index (κ2) is 3.25. The van der Waals surface area contributed by atoms with E-state index in [1.54, 1.807) is 11.3 Å². The van der Waals surface area contributed by atoms with Gasteiger partial charge in [0.1, 0.15) is 10.3 Å². The first kappa shape index (κ1) is 9.24. The summed E-state index contributed by atoms with van der Waals surface area (Å²) in [6.07, 6.45) is 2.50. The van der Waals surface area contributed by atoms with Crippen molar-refractivity contribution in [2.24, 2.45) is 0 Å². The van der Waals surface area contributed by atoms with Crippen molar-refractivity contribution in [3.05, 3.63) is 22.3 Å². The summed E-state index contributed by atoms with van der Waals surface area (Å²) in [7, 11) is 0. The normalized spacial score (nSPS) is 16.1. The maximum Gasteiger partial charge on any atom is 0.142 e. The minimum atomic E-state index is 0.0838. The lowest BCUT2D eigenvalue weighted by Gasteiger charge is -2.01. The van der Waals surface area contributed by atoms with Crippen molar-refractivity contribution in [1.82, 2.24) is 9.97 Å². The van der Waals surface area contributed by atoms with E-state index >= 15 is 0 Å². The molecule has 1 saturated carbocycles. The summed E-state index contributed by atoms with van der Waals surface area (Å²) < 4.78 is 0. The van der Waals surface area contributed by atoms with Crippen LogP contribution in [-0.2, 0) is 6.61 Å². The summed E-state index contributed by atoms with van der Waals surface area (Å²) in [6, 6.07) is 1.93. The Hall–Kier alpha value is -1.00. The van der Waals surface area contributed by atoms with Crippen molar-refractivity contribution >= 4 is 21.7 Å². The molecular weight excluding hydrogens is 208 g/mol. The molecule has 3 nitrogen and oxygen atoms in total. The van der Waals surface area contributed by atoms with Gasteiger partial charge in [0.2, 0.25) is 0 Å². The standard InChI is InChI=1S/C11H12N2OS/c1-6-10(7-2-3-7)13-11-9(12-6)4-8(5-14)15-11/h4,7,14H,2-3,5H2,1H3. The maximum atomic E-state index is 9.05. The molecule has 2 heterocycles. The fourth-order valence-corrected chi connectivity index (χ4v) is 2.67. The second-order valence-electron chi connectivity index (χ2n) is 4.03. The number of aromatic nitrogens is 2.